The number of rotatable bonds is 8. The summed E-state index contributed by atoms with van der Waals surface area (Å²) >= 11 is 0. The Hall–Kier alpha value is -1.30. The second-order valence-corrected chi connectivity index (χ2v) is 8.25. The number of likely N-dealkylation sites (tertiary alicyclic amines) is 1. The third-order valence-corrected chi connectivity index (χ3v) is 4.41. The lowest BCUT2D eigenvalue weighted by Crippen LogP contribution is -2.52. The van der Waals surface area contributed by atoms with E-state index in [0.29, 0.717) is 25.1 Å². The Balaban J connectivity index is 0.00000784. The summed E-state index contributed by atoms with van der Waals surface area (Å²) in [6, 6.07) is 0.245. The van der Waals surface area contributed by atoms with E-state index in [1.165, 1.54) is 0 Å². The van der Waals surface area contributed by atoms with E-state index in [1.807, 2.05) is 20.8 Å². The molecule has 1 heterocycles. The third kappa shape index (κ3) is 12.8. The molecule has 9 nitrogen and oxygen atoms in total. The van der Waals surface area contributed by atoms with Crippen molar-refractivity contribution in [2.24, 2.45) is 10.7 Å². The summed E-state index contributed by atoms with van der Waals surface area (Å²) in [5.74, 6) is 0.420. The molecule has 29 heavy (non-hydrogen) atoms. The standard InChI is InChI=1S/C19H38N6O3.HI/c1-6-7-15(24-18(27)28-19(2,3)4)12-22-17(21-5)23-14-8-10-25(11-9-14)13-16(20)26;/h14-15H,6-13H2,1-5H3,(H2,20,26)(H,24,27)(H2,21,22,23);1H. The minimum absolute atomic E-state index is 0. The van der Waals surface area contributed by atoms with Gasteiger partial charge >= 0.3 is 6.09 Å². The maximum absolute atomic E-state index is 12.0. The molecule has 1 rings (SSSR count). The second kappa shape index (κ2) is 13.8. The number of nitrogens with two attached hydrogens (primary N) is 1. The van der Waals surface area contributed by atoms with E-state index in [-0.39, 0.29) is 35.9 Å². The molecule has 1 unspecified atom stereocenters. The van der Waals surface area contributed by atoms with Crippen molar-refractivity contribution >= 4 is 41.9 Å². The van der Waals surface area contributed by atoms with E-state index in [0.717, 1.165) is 38.8 Å². The molecule has 0 radical (unpaired) electrons. The van der Waals surface area contributed by atoms with Crippen molar-refractivity contribution in [3.05, 3.63) is 0 Å². The molecule has 0 aromatic carbocycles. The number of nitrogens with one attached hydrogen (secondary N) is 3. The van der Waals surface area contributed by atoms with E-state index >= 15 is 0 Å². The van der Waals surface area contributed by atoms with Crippen LogP contribution in [-0.2, 0) is 9.53 Å². The number of primary amides is 1. The quantitative estimate of drug-likeness (QED) is 0.216. The van der Waals surface area contributed by atoms with E-state index in [4.69, 9.17) is 10.5 Å². The van der Waals surface area contributed by atoms with Crippen LogP contribution < -0.4 is 21.7 Å². The molecule has 170 valence electrons. The monoisotopic (exact) mass is 526 g/mol. The van der Waals surface area contributed by atoms with Crippen molar-refractivity contribution in [1.29, 1.82) is 0 Å². The van der Waals surface area contributed by atoms with Gasteiger partial charge in [0.15, 0.2) is 5.96 Å². The summed E-state index contributed by atoms with van der Waals surface area (Å²) < 4.78 is 5.35. The van der Waals surface area contributed by atoms with Crippen LogP contribution in [-0.4, -0.2) is 73.8 Å². The minimum atomic E-state index is -0.519. The van der Waals surface area contributed by atoms with E-state index < -0.39 is 11.7 Å². The first-order valence-corrected chi connectivity index (χ1v) is 10.1. The first-order valence-electron chi connectivity index (χ1n) is 10.1. The summed E-state index contributed by atoms with van der Waals surface area (Å²) in [6.07, 6.45) is 3.23. The Morgan fingerprint density at radius 3 is 2.38 bits per heavy atom. The Bertz CT molecular complexity index is 531. The van der Waals surface area contributed by atoms with Crippen molar-refractivity contribution in [3.63, 3.8) is 0 Å². The lowest BCUT2D eigenvalue weighted by atomic mass is 10.1. The number of amides is 2. The van der Waals surface area contributed by atoms with Crippen molar-refractivity contribution in [2.45, 2.75) is 71.1 Å². The molecule has 0 bridgehead atoms. The van der Waals surface area contributed by atoms with Gasteiger partial charge in [-0.25, -0.2) is 4.79 Å². The first kappa shape index (κ1) is 27.7. The minimum Gasteiger partial charge on any atom is -0.444 e. The van der Waals surface area contributed by atoms with Gasteiger partial charge in [0, 0.05) is 38.8 Å². The lowest BCUT2D eigenvalue weighted by molar-refractivity contribution is -0.119. The van der Waals surface area contributed by atoms with Crippen LogP contribution >= 0.6 is 24.0 Å². The van der Waals surface area contributed by atoms with Crippen LogP contribution in [0.25, 0.3) is 0 Å². The molecule has 2 amide bonds. The number of hydrogen-bond acceptors (Lipinski definition) is 5. The molecule has 0 aromatic heterocycles. The molecule has 0 spiro atoms. The molecular weight excluding hydrogens is 487 g/mol. The van der Waals surface area contributed by atoms with Crippen LogP contribution in [0.3, 0.4) is 0 Å². The SMILES string of the molecule is CCCC(CNC(=NC)NC1CCN(CC(N)=O)CC1)NC(=O)OC(C)(C)C.I. The lowest BCUT2D eigenvalue weighted by Gasteiger charge is -2.32. The van der Waals surface area contributed by atoms with Crippen LogP contribution in [0.15, 0.2) is 4.99 Å². The average Bonchev–Trinajstić information content (AvgIpc) is 2.58. The van der Waals surface area contributed by atoms with Gasteiger partial charge in [-0.15, -0.1) is 24.0 Å². The Labute approximate surface area is 192 Å². The molecule has 10 heteroatoms. The van der Waals surface area contributed by atoms with Crippen LogP contribution in [0.2, 0.25) is 0 Å². The summed E-state index contributed by atoms with van der Waals surface area (Å²) in [5, 5.41) is 9.64. The third-order valence-electron chi connectivity index (χ3n) is 4.41. The van der Waals surface area contributed by atoms with Crippen molar-refractivity contribution in [2.75, 3.05) is 33.2 Å². The average molecular weight is 526 g/mol. The maximum Gasteiger partial charge on any atom is 0.407 e. The molecule has 0 aromatic rings. The van der Waals surface area contributed by atoms with Crippen molar-refractivity contribution in [3.8, 4) is 0 Å². The van der Waals surface area contributed by atoms with Crippen LogP contribution in [0.4, 0.5) is 4.79 Å². The Kier molecular flexibility index (Phi) is 13.2. The number of carbonyl (C=O) groups is 2. The zero-order valence-electron chi connectivity index (χ0n) is 18.4. The highest BCUT2D eigenvalue weighted by Crippen LogP contribution is 2.10. The number of nitrogens with zero attached hydrogens (tertiary/aromatic N) is 2. The Morgan fingerprint density at radius 2 is 1.90 bits per heavy atom. The summed E-state index contributed by atoms with van der Waals surface area (Å²) in [5.41, 5.74) is 4.74. The highest BCUT2D eigenvalue weighted by Gasteiger charge is 2.22. The summed E-state index contributed by atoms with van der Waals surface area (Å²) in [4.78, 5) is 29.4. The van der Waals surface area contributed by atoms with E-state index in [2.05, 4.69) is 32.8 Å². The predicted molar refractivity (Wildman–Crippen MR) is 127 cm³/mol. The number of alkyl carbamates (subject to hydrolysis) is 1. The van der Waals surface area contributed by atoms with E-state index in [1.54, 1.807) is 7.05 Å². The molecule has 5 N–H and O–H groups in total. The van der Waals surface area contributed by atoms with Gasteiger partial charge in [0.05, 0.1) is 6.54 Å². The largest absolute Gasteiger partial charge is 0.444 e. The van der Waals surface area contributed by atoms with Crippen LogP contribution in [0, 0.1) is 0 Å². The fourth-order valence-electron chi connectivity index (χ4n) is 3.11. The molecule has 1 fully saturated rings. The smallest absolute Gasteiger partial charge is 0.407 e. The van der Waals surface area contributed by atoms with Gasteiger partial charge in [0.1, 0.15) is 5.60 Å². The topological polar surface area (TPSA) is 121 Å². The molecule has 1 atom stereocenters. The highest BCUT2D eigenvalue weighted by molar-refractivity contribution is 14.0. The summed E-state index contributed by atoms with van der Waals surface area (Å²) in [6.45, 7) is 10.2. The molecular formula is C19H39IN6O3. The highest BCUT2D eigenvalue weighted by atomic mass is 127. The number of carbonyl (C=O) groups excluding carboxylic acids is 2. The molecule has 1 saturated heterocycles. The van der Waals surface area contributed by atoms with E-state index in [9.17, 15) is 9.59 Å². The normalized spacial score (nSPS) is 17.1. The fraction of sp³-hybridized carbons (Fsp3) is 0.842. The maximum atomic E-state index is 12.0. The van der Waals surface area contributed by atoms with Gasteiger partial charge in [0.25, 0.3) is 0 Å². The fourth-order valence-corrected chi connectivity index (χ4v) is 3.11. The van der Waals surface area contributed by atoms with Gasteiger partial charge in [-0.05, 0) is 40.0 Å². The van der Waals surface area contributed by atoms with Gasteiger partial charge < -0.3 is 26.4 Å². The predicted octanol–water partition coefficient (Wildman–Crippen LogP) is 1.41. The van der Waals surface area contributed by atoms with Crippen molar-refractivity contribution in [1.82, 2.24) is 20.9 Å². The summed E-state index contributed by atoms with van der Waals surface area (Å²) in [7, 11) is 1.73. The zero-order chi connectivity index (χ0) is 21.2. The molecule has 0 aliphatic carbocycles. The molecule has 1 aliphatic rings. The number of halogens is 1. The van der Waals surface area contributed by atoms with Crippen LogP contribution in [0.1, 0.15) is 53.4 Å². The Morgan fingerprint density at radius 1 is 1.28 bits per heavy atom. The van der Waals surface area contributed by atoms with Crippen LogP contribution in [0.5, 0.6) is 0 Å². The number of aliphatic imine (C=N–C) groups is 1. The molecule has 0 saturated carbocycles. The van der Waals surface area contributed by atoms with Gasteiger partial charge in [0.2, 0.25) is 5.91 Å². The number of piperidine rings is 1. The first-order chi connectivity index (χ1) is 13.1. The second-order valence-electron chi connectivity index (χ2n) is 8.25. The number of hydrogen-bond donors (Lipinski definition) is 4. The molecule has 1 aliphatic heterocycles. The van der Waals surface area contributed by atoms with Gasteiger partial charge in [-0.3, -0.25) is 14.7 Å². The van der Waals surface area contributed by atoms with Gasteiger partial charge in [-0.2, -0.15) is 0 Å². The number of ether oxygens (including phenoxy) is 1. The zero-order valence-corrected chi connectivity index (χ0v) is 20.7. The van der Waals surface area contributed by atoms with Crippen molar-refractivity contribution < 1.29 is 14.3 Å². The van der Waals surface area contributed by atoms with Gasteiger partial charge in [-0.1, -0.05) is 13.3 Å². The number of guanidine groups is 1.